The molecular formula is C17H23Cl2N3OS. The number of halogens is 2. The molecule has 3 N–H and O–H groups in total. The third-order valence-corrected chi connectivity index (χ3v) is 4.83. The zero-order valence-corrected chi connectivity index (χ0v) is 15.8. The average molecular weight is 388 g/mol. The molecule has 1 aromatic carbocycles. The van der Waals surface area contributed by atoms with Gasteiger partial charge in [0.15, 0.2) is 0 Å². The van der Waals surface area contributed by atoms with Crippen LogP contribution >= 0.6 is 36.2 Å². The van der Waals surface area contributed by atoms with Gasteiger partial charge in [-0.05, 0) is 24.3 Å². The van der Waals surface area contributed by atoms with E-state index < -0.39 is 0 Å². The second-order valence-electron chi connectivity index (χ2n) is 5.82. The number of nitrogens with zero attached hydrogens (tertiary/aromatic N) is 1. The summed E-state index contributed by atoms with van der Waals surface area (Å²) in [4.78, 5) is 16.6. The molecule has 3 rings (SSSR count). The molecule has 1 fully saturated rings. The summed E-state index contributed by atoms with van der Waals surface area (Å²) in [6.07, 6.45) is 3.52. The fourth-order valence-corrected chi connectivity index (χ4v) is 3.40. The molecule has 1 aromatic heterocycles. The molecule has 1 heterocycles. The van der Waals surface area contributed by atoms with Gasteiger partial charge in [-0.15, -0.1) is 36.2 Å². The van der Waals surface area contributed by atoms with E-state index in [0.29, 0.717) is 18.9 Å². The molecule has 0 aliphatic heterocycles. The molecule has 0 spiro atoms. The van der Waals surface area contributed by atoms with Crippen molar-refractivity contribution >= 4 is 42.1 Å². The number of aromatic nitrogens is 1. The van der Waals surface area contributed by atoms with Crippen LogP contribution in [0.25, 0.3) is 0 Å². The lowest BCUT2D eigenvalue weighted by molar-refractivity contribution is -0.121. The van der Waals surface area contributed by atoms with Crippen LogP contribution in [0.3, 0.4) is 0 Å². The van der Waals surface area contributed by atoms with Gasteiger partial charge in [-0.3, -0.25) is 4.79 Å². The largest absolute Gasteiger partial charge is 0.351 e. The van der Waals surface area contributed by atoms with Gasteiger partial charge in [-0.25, -0.2) is 4.98 Å². The number of nitrogens with two attached hydrogens (primary N) is 1. The van der Waals surface area contributed by atoms with E-state index in [9.17, 15) is 4.79 Å². The van der Waals surface area contributed by atoms with Crippen molar-refractivity contribution in [3.63, 3.8) is 0 Å². The zero-order chi connectivity index (χ0) is 15.4. The van der Waals surface area contributed by atoms with E-state index in [4.69, 9.17) is 5.73 Å². The Morgan fingerprint density at radius 2 is 2.00 bits per heavy atom. The van der Waals surface area contributed by atoms with Crippen LogP contribution in [0.5, 0.6) is 0 Å². The number of nitrogens with one attached hydrogen (secondary N) is 1. The molecule has 4 nitrogen and oxygen atoms in total. The molecule has 0 saturated heterocycles. The number of amides is 1. The topological polar surface area (TPSA) is 68.0 Å². The van der Waals surface area contributed by atoms with Crippen LogP contribution in [0.1, 0.15) is 29.1 Å². The van der Waals surface area contributed by atoms with Crippen LogP contribution in [-0.2, 0) is 17.6 Å². The van der Waals surface area contributed by atoms with E-state index in [1.54, 1.807) is 11.3 Å². The Morgan fingerprint density at radius 3 is 2.62 bits per heavy atom. The summed E-state index contributed by atoms with van der Waals surface area (Å²) in [7, 11) is 0. The first-order valence-electron chi connectivity index (χ1n) is 7.71. The first kappa shape index (κ1) is 20.9. The van der Waals surface area contributed by atoms with Crippen molar-refractivity contribution in [3.05, 3.63) is 52.0 Å². The Labute approximate surface area is 159 Å². The molecule has 1 saturated carbocycles. The van der Waals surface area contributed by atoms with Gasteiger partial charge in [0.1, 0.15) is 0 Å². The highest BCUT2D eigenvalue weighted by molar-refractivity contribution is 7.09. The van der Waals surface area contributed by atoms with Crippen molar-refractivity contribution < 1.29 is 4.79 Å². The second kappa shape index (κ2) is 9.99. The van der Waals surface area contributed by atoms with E-state index in [1.165, 1.54) is 18.4 Å². The van der Waals surface area contributed by atoms with Crippen molar-refractivity contribution in [2.24, 2.45) is 11.7 Å². The van der Waals surface area contributed by atoms with Crippen molar-refractivity contribution in [1.82, 2.24) is 10.3 Å². The smallest absolute Gasteiger partial charge is 0.226 e. The minimum absolute atomic E-state index is 0. The van der Waals surface area contributed by atoms with Crippen molar-refractivity contribution in [2.45, 2.75) is 31.7 Å². The Balaban J connectivity index is 0.00000144. The normalized spacial score (nSPS) is 14.2. The summed E-state index contributed by atoms with van der Waals surface area (Å²) in [5, 5.41) is 6.06. The van der Waals surface area contributed by atoms with E-state index >= 15 is 0 Å². The molecule has 7 heteroatoms. The Morgan fingerprint density at radius 1 is 1.29 bits per heavy atom. The third kappa shape index (κ3) is 6.06. The molecule has 24 heavy (non-hydrogen) atoms. The zero-order valence-electron chi connectivity index (χ0n) is 13.3. The monoisotopic (exact) mass is 387 g/mol. The third-order valence-electron chi connectivity index (χ3n) is 3.93. The SMILES string of the molecule is Cl.Cl.NCC(NC(=O)Cc1csc(Cc2ccccc2)n1)C1CC1. The Kier molecular flexibility index (Phi) is 8.70. The van der Waals surface area contributed by atoms with Crippen LogP contribution < -0.4 is 11.1 Å². The summed E-state index contributed by atoms with van der Waals surface area (Å²) >= 11 is 1.61. The second-order valence-corrected chi connectivity index (χ2v) is 6.76. The molecule has 1 aliphatic rings. The molecule has 0 bridgehead atoms. The molecule has 2 aromatic rings. The summed E-state index contributed by atoms with van der Waals surface area (Å²) < 4.78 is 0. The van der Waals surface area contributed by atoms with Gasteiger partial charge >= 0.3 is 0 Å². The van der Waals surface area contributed by atoms with Gasteiger partial charge in [-0.2, -0.15) is 0 Å². The number of carbonyl (C=O) groups is 1. The molecule has 1 amide bonds. The number of thiazole rings is 1. The van der Waals surface area contributed by atoms with E-state index in [1.807, 2.05) is 23.6 Å². The van der Waals surface area contributed by atoms with E-state index in [-0.39, 0.29) is 36.8 Å². The van der Waals surface area contributed by atoms with Gasteiger partial charge in [0.25, 0.3) is 0 Å². The first-order valence-corrected chi connectivity index (χ1v) is 8.59. The maximum Gasteiger partial charge on any atom is 0.226 e. The number of hydrogen-bond acceptors (Lipinski definition) is 4. The number of hydrogen-bond donors (Lipinski definition) is 2. The Hall–Kier alpha value is -1.14. The van der Waals surface area contributed by atoms with E-state index in [0.717, 1.165) is 17.1 Å². The van der Waals surface area contributed by atoms with Gasteiger partial charge in [-0.1, -0.05) is 30.3 Å². The van der Waals surface area contributed by atoms with Crippen molar-refractivity contribution in [2.75, 3.05) is 6.54 Å². The molecule has 132 valence electrons. The van der Waals surface area contributed by atoms with Crippen LogP contribution in [0.4, 0.5) is 0 Å². The van der Waals surface area contributed by atoms with Crippen molar-refractivity contribution in [1.29, 1.82) is 0 Å². The molecule has 1 unspecified atom stereocenters. The highest BCUT2D eigenvalue weighted by atomic mass is 35.5. The fraction of sp³-hybridized carbons (Fsp3) is 0.412. The average Bonchev–Trinajstić information content (AvgIpc) is 3.28. The van der Waals surface area contributed by atoms with Crippen molar-refractivity contribution in [3.8, 4) is 0 Å². The molecule has 1 aliphatic carbocycles. The van der Waals surface area contributed by atoms with Crippen LogP contribution in [0.15, 0.2) is 35.7 Å². The predicted molar refractivity (Wildman–Crippen MR) is 103 cm³/mol. The number of rotatable bonds is 7. The first-order chi connectivity index (χ1) is 10.7. The molecular weight excluding hydrogens is 365 g/mol. The van der Waals surface area contributed by atoms with Crippen LogP contribution in [0, 0.1) is 5.92 Å². The van der Waals surface area contributed by atoms with Gasteiger partial charge in [0, 0.05) is 24.4 Å². The van der Waals surface area contributed by atoms with Gasteiger partial charge < -0.3 is 11.1 Å². The molecule has 1 atom stereocenters. The number of carbonyl (C=O) groups excluding carboxylic acids is 1. The highest BCUT2D eigenvalue weighted by Crippen LogP contribution is 2.32. The minimum Gasteiger partial charge on any atom is -0.351 e. The van der Waals surface area contributed by atoms with E-state index in [2.05, 4.69) is 22.4 Å². The summed E-state index contributed by atoms with van der Waals surface area (Å²) in [5.41, 5.74) is 7.80. The lowest BCUT2D eigenvalue weighted by atomic mass is 10.1. The predicted octanol–water partition coefficient (Wildman–Crippen LogP) is 2.97. The lowest BCUT2D eigenvalue weighted by Gasteiger charge is -2.15. The Bertz CT molecular complexity index is 632. The molecule has 0 radical (unpaired) electrons. The number of benzene rings is 1. The van der Waals surface area contributed by atoms with Crippen LogP contribution in [0.2, 0.25) is 0 Å². The quantitative estimate of drug-likeness (QED) is 0.766. The summed E-state index contributed by atoms with van der Waals surface area (Å²) in [5.74, 6) is 0.608. The maximum atomic E-state index is 12.1. The van der Waals surface area contributed by atoms with Crippen LogP contribution in [-0.4, -0.2) is 23.5 Å². The highest BCUT2D eigenvalue weighted by Gasteiger charge is 2.31. The fourth-order valence-electron chi connectivity index (χ4n) is 2.57. The van der Waals surface area contributed by atoms with Gasteiger partial charge in [0.2, 0.25) is 5.91 Å². The van der Waals surface area contributed by atoms with Gasteiger partial charge in [0.05, 0.1) is 17.1 Å². The minimum atomic E-state index is 0. The maximum absolute atomic E-state index is 12.1. The summed E-state index contributed by atoms with van der Waals surface area (Å²) in [6.45, 7) is 0.521. The standard InChI is InChI=1S/C17H21N3OS.2ClH/c18-10-15(13-6-7-13)20-16(21)9-14-11-22-17(19-14)8-12-4-2-1-3-5-12;;/h1-5,11,13,15H,6-10,18H2,(H,20,21);2*1H. The summed E-state index contributed by atoms with van der Waals surface area (Å²) in [6, 6.07) is 10.4. The lowest BCUT2D eigenvalue weighted by Crippen LogP contribution is -2.42.